The number of imidazole rings is 1. The van der Waals surface area contributed by atoms with Crippen molar-refractivity contribution in [3.8, 4) is 17.0 Å². The summed E-state index contributed by atoms with van der Waals surface area (Å²) in [5.74, 6) is 0.900. The van der Waals surface area contributed by atoms with Crippen molar-refractivity contribution in [3.05, 3.63) is 53.9 Å². The first-order valence-corrected chi connectivity index (χ1v) is 6.87. The molecule has 0 atom stereocenters. The van der Waals surface area contributed by atoms with Gasteiger partial charge in [0, 0.05) is 11.3 Å². The number of hydrogen-bond donors (Lipinski definition) is 0. The summed E-state index contributed by atoms with van der Waals surface area (Å²) in [5.41, 5.74) is 5.53. The van der Waals surface area contributed by atoms with Crippen LogP contribution in [0.1, 0.15) is 18.2 Å². The molecule has 0 aliphatic carbocycles. The molecule has 2 heterocycles. The zero-order valence-electron chi connectivity index (χ0n) is 12.1. The summed E-state index contributed by atoms with van der Waals surface area (Å²) in [7, 11) is 0. The molecule has 3 aromatic rings. The number of aromatic nitrogens is 2. The van der Waals surface area contributed by atoms with Crippen LogP contribution in [0, 0.1) is 13.8 Å². The van der Waals surface area contributed by atoms with Crippen molar-refractivity contribution in [2.24, 2.45) is 0 Å². The molecule has 0 unspecified atom stereocenters. The Kier molecular flexibility index (Phi) is 3.18. The van der Waals surface area contributed by atoms with Gasteiger partial charge < -0.3 is 4.74 Å². The number of ether oxygens (including phenoxy) is 1. The molecule has 20 heavy (non-hydrogen) atoms. The molecule has 0 radical (unpaired) electrons. The Hall–Kier alpha value is -2.29. The molecule has 1 aromatic carbocycles. The van der Waals surface area contributed by atoms with Gasteiger partial charge in [-0.3, -0.25) is 4.40 Å². The topological polar surface area (TPSA) is 26.5 Å². The average Bonchev–Trinajstić information content (AvgIpc) is 2.83. The molecule has 102 valence electrons. The molecular weight excluding hydrogens is 248 g/mol. The Bertz CT molecular complexity index is 759. The van der Waals surface area contributed by atoms with Crippen molar-refractivity contribution in [2.45, 2.75) is 20.8 Å². The van der Waals surface area contributed by atoms with Crippen LogP contribution in [-0.2, 0) is 0 Å². The van der Waals surface area contributed by atoms with E-state index >= 15 is 0 Å². The number of benzene rings is 1. The molecule has 3 rings (SSSR count). The second-order valence-corrected chi connectivity index (χ2v) is 4.94. The van der Waals surface area contributed by atoms with Crippen molar-refractivity contribution in [3.63, 3.8) is 0 Å². The molecule has 0 N–H and O–H groups in total. The fraction of sp³-hybridized carbons (Fsp3) is 0.235. The first-order valence-electron chi connectivity index (χ1n) is 6.87. The molecule has 0 fully saturated rings. The van der Waals surface area contributed by atoms with Crippen LogP contribution in [0.2, 0.25) is 0 Å². The van der Waals surface area contributed by atoms with Crippen LogP contribution >= 0.6 is 0 Å². The van der Waals surface area contributed by atoms with Crippen molar-refractivity contribution in [1.29, 1.82) is 0 Å². The van der Waals surface area contributed by atoms with Gasteiger partial charge in [-0.15, -0.1) is 0 Å². The third-order valence-corrected chi connectivity index (χ3v) is 3.40. The predicted octanol–water partition coefficient (Wildman–Crippen LogP) is 4.02. The van der Waals surface area contributed by atoms with E-state index in [-0.39, 0.29) is 0 Å². The number of para-hydroxylation sites is 1. The number of fused-ring (bicyclic) bond motifs is 1. The molecule has 0 spiro atoms. The van der Waals surface area contributed by atoms with Gasteiger partial charge in [0.1, 0.15) is 11.4 Å². The second-order valence-electron chi connectivity index (χ2n) is 4.94. The highest BCUT2D eigenvalue weighted by Crippen LogP contribution is 2.31. The maximum atomic E-state index is 5.73. The average molecular weight is 266 g/mol. The quantitative estimate of drug-likeness (QED) is 0.716. The molecule has 0 bridgehead atoms. The van der Waals surface area contributed by atoms with Crippen LogP contribution in [0.3, 0.4) is 0 Å². The molecule has 0 saturated heterocycles. The van der Waals surface area contributed by atoms with Crippen molar-refractivity contribution in [2.75, 3.05) is 6.61 Å². The van der Waals surface area contributed by atoms with Crippen molar-refractivity contribution in [1.82, 2.24) is 9.38 Å². The summed E-state index contributed by atoms with van der Waals surface area (Å²) in [6.45, 7) is 6.86. The van der Waals surface area contributed by atoms with Crippen LogP contribution in [0.15, 0.2) is 42.6 Å². The highest BCUT2D eigenvalue weighted by Gasteiger charge is 2.12. The van der Waals surface area contributed by atoms with E-state index in [1.807, 2.05) is 31.3 Å². The molecule has 0 saturated carbocycles. The van der Waals surface area contributed by atoms with Gasteiger partial charge in [-0.2, -0.15) is 0 Å². The Morgan fingerprint density at radius 1 is 1.15 bits per heavy atom. The minimum absolute atomic E-state index is 0.659. The van der Waals surface area contributed by atoms with Gasteiger partial charge >= 0.3 is 0 Å². The third kappa shape index (κ3) is 2.05. The number of hydrogen-bond acceptors (Lipinski definition) is 2. The van der Waals surface area contributed by atoms with Crippen LogP contribution in [-0.4, -0.2) is 16.0 Å². The van der Waals surface area contributed by atoms with Crippen LogP contribution in [0.5, 0.6) is 5.75 Å². The van der Waals surface area contributed by atoms with Gasteiger partial charge in [-0.1, -0.05) is 12.1 Å². The van der Waals surface area contributed by atoms with E-state index in [1.165, 1.54) is 11.3 Å². The summed E-state index contributed by atoms with van der Waals surface area (Å²) in [6, 6.07) is 12.4. The lowest BCUT2D eigenvalue weighted by Crippen LogP contribution is -1.98. The largest absolute Gasteiger partial charge is 0.493 e. The highest BCUT2D eigenvalue weighted by atomic mass is 16.5. The zero-order chi connectivity index (χ0) is 14.1. The van der Waals surface area contributed by atoms with Crippen molar-refractivity contribution < 1.29 is 4.74 Å². The lowest BCUT2D eigenvalue weighted by atomic mass is 10.1. The smallest absolute Gasteiger partial charge is 0.137 e. The third-order valence-electron chi connectivity index (χ3n) is 3.40. The zero-order valence-corrected chi connectivity index (χ0v) is 12.1. The minimum atomic E-state index is 0.659. The van der Waals surface area contributed by atoms with Gasteiger partial charge in [-0.25, -0.2) is 4.98 Å². The summed E-state index contributed by atoms with van der Waals surface area (Å²) >= 11 is 0. The maximum absolute atomic E-state index is 5.73. The lowest BCUT2D eigenvalue weighted by Gasteiger charge is -2.11. The van der Waals surface area contributed by atoms with E-state index in [0.29, 0.717) is 6.61 Å². The standard InChI is InChI=1S/C17H18N2O/c1-4-20-16-8-6-5-7-14(16)15-11-18-17-10-12(2)9-13(3)19(15)17/h5-11H,4H2,1-3H3. The van der Waals surface area contributed by atoms with E-state index < -0.39 is 0 Å². The first-order chi connectivity index (χ1) is 9.70. The van der Waals surface area contributed by atoms with Gasteiger partial charge in [0.15, 0.2) is 0 Å². The summed E-state index contributed by atoms with van der Waals surface area (Å²) in [4.78, 5) is 4.53. The first kappa shape index (κ1) is 12.7. The van der Waals surface area contributed by atoms with Crippen LogP contribution < -0.4 is 4.74 Å². The predicted molar refractivity (Wildman–Crippen MR) is 81.3 cm³/mol. The van der Waals surface area contributed by atoms with Crippen molar-refractivity contribution >= 4 is 5.65 Å². The van der Waals surface area contributed by atoms with Crippen LogP contribution in [0.25, 0.3) is 16.9 Å². The fourth-order valence-electron chi connectivity index (χ4n) is 2.63. The SMILES string of the molecule is CCOc1ccccc1-c1cnc2cc(C)cc(C)n12. The number of nitrogens with zero attached hydrogens (tertiary/aromatic N) is 2. The summed E-state index contributed by atoms with van der Waals surface area (Å²) in [6.07, 6.45) is 1.92. The molecule has 2 aromatic heterocycles. The molecule has 0 aliphatic heterocycles. The van der Waals surface area contributed by atoms with Gasteiger partial charge in [0.2, 0.25) is 0 Å². The number of aryl methyl sites for hydroxylation is 2. The lowest BCUT2D eigenvalue weighted by molar-refractivity contribution is 0.341. The second kappa shape index (κ2) is 5.00. The van der Waals surface area contributed by atoms with Gasteiger partial charge in [0.25, 0.3) is 0 Å². The molecule has 3 nitrogen and oxygen atoms in total. The van der Waals surface area contributed by atoms with Gasteiger partial charge in [0.05, 0.1) is 18.5 Å². The van der Waals surface area contributed by atoms with Gasteiger partial charge in [-0.05, 0) is 50.6 Å². The Morgan fingerprint density at radius 3 is 2.75 bits per heavy atom. The fourth-order valence-corrected chi connectivity index (χ4v) is 2.63. The number of rotatable bonds is 3. The van der Waals surface area contributed by atoms with E-state index in [9.17, 15) is 0 Å². The Morgan fingerprint density at radius 2 is 1.95 bits per heavy atom. The number of pyridine rings is 1. The van der Waals surface area contributed by atoms with Crippen LogP contribution in [0.4, 0.5) is 0 Å². The Balaban J connectivity index is 2.25. The molecule has 0 aliphatic rings. The summed E-state index contributed by atoms with van der Waals surface area (Å²) in [5, 5.41) is 0. The monoisotopic (exact) mass is 266 g/mol. The van der Waals surface area contributed by atoms with E-state index in [4.69, 9.17) is 4.74 Å². The minimum Gasteiger partial charge on any atom is -0.493 e. The Labute approximate surface area is 118 Å². The molecule has 3 heteroatoms. The van der Waals surface area contributed by atoms with E-state index in [1.54, 1.807) is 0 Å². The highest BCUT2D eigenvalue weighted by molar-refractivity contribution is 5.70. The normalized spacial score (nSPS) is 10.9. The molecule has 0 amide bonds. The van der Waals surface area contributed by atoms with E-state index in [0.717, 1.165) is 22.7 Å². The summed E-state index contributed by atoms with van der Waals surface area (Å²) < 4.78 is 7.90. The maximum Gasteiger partial charge on any atom is 0.137 e. The molecular formula is C17H18N2O. The van der Waals surface area contributed by atoms with E-state index in [2.05, 4.69) is 41.4 Å².